The Kier molecular flexibility index (Phi) is 2.98. The highest BCUT2D eigenvalue weighted by molar-refractivity contribution is 5.81. The lowest BCUT2D eigenvalue weighted by Gasteiger charge is -2.24. The van der Waals surface area contributed by atoms with E-state index in [4.69, 9.17) is 15.2 Å². The third kappa shape index (κ3) is 1.76. The van der Waals surface area contributed by atoms with E-state index in [1.807, 2.05) is 0 Å². The fourth-order valence-corrected chi connectivity index (χ4v) is 2.83. The van der Waals surface area contributed by atoms with Gasteiger partial charge in [0.2, 0.25) is 0 Å². The van der Waals surface area contributed by atoms with E-state index in [0.29, 0.717) is 18.4 Å². The molecule has 2 unspecified atom stereocenters. The maximum absolute atomic E-state index is 11.6. The Morgan fingerprint density at radius 2 is 2.20 bits per heavy atom. The number of nitrogens with two attached hydrogens (primary N) is 1. The highest BCUT2D eigenvalue weighted by Crippen LogP contribution is 2.58. The quantitative estimate of drug-likeness (QED) is 0.695. The van der Waals surface area contributed by atoms with Gasteiger partial charge in [-0.2, -0.15) is 0 Å². The van der Waals surface area contributed by atoms with Gasteiger partial charge in [-0.3, -0.25) is 4.79 Å². The molecule has 0 aromatic heterocycles. The predicted molar refractivity (Wildman–Crippen MR) is 55.2 cm³/mol. The van der Waals surface area contributed by atoms with E-state index in [0.717, 1.165) is 32.5 Å². The number of carbonyl (C=O) groups is 1. The number of methoxy groups -OCH3 is 1. The van der Waals surface area contributed by atoms with Crippen LogP contribution in [0.15, 0.2) is 0 Å². The lowest BCUT2D eigenvalue weighted by Crippen LogP contribution is -2.31. The zero-order valence-electron chi connectivity index (χ0n) is 9.20. The van der Waals surface area contributed by atoms with Crippen molar-refractivity contribution in [1.29, 1.82) is 0 Å². The second-order valence-electron chi connectivity index (χ2n) is 4.61. The van der Waals surface area contributed by atoms with E-state index < -0.39 is 0 Å². The van der Waals surface area contributed by atoms with Crippen LogP contribution >= 0.6 is 0 Å². The van der Waals surface area contributed by atoms with Crippen molar-refractivity contribution in [3.8, 4) is 0 Å². The summed E-state index contributed by atoms with van der Waals surface area (Å²) in [5, 5.41) is 0. The Bertz CT molecular complexity index is 250. The SMILES string of the molecule is COC(=O)C1(CN)CC1C1CCOCC1. The largest absolute Gasteiger partial charge is 0.469 e. The van der Waals surface area contributed by atoms with Crippen LogP contribution in [-0.2, 0) is 14.3 Å². The molecule has 86 valence electrons. The van der Waals surface area contributed by atoms with Gasteiger partial charge in [0.1, 0.15) is 0 Å². The van der Waals surface area contributed by atoms with Crippen molar-refractivity contribution in [3.05, 3.63) is 0 Å². The summed E-state index contributed by atoms with van der Waals surface area (Å²) < 4.78 is 10.2. The number of carbonyl (C=O) groups excluding carboxylic acids is 1. The molecule has 1 saturated carbocycles. The molecule has 1 aliphatic carbocycles. The topological polar surface area (TPSA) is 61.5 Å². The minimum atomic E-state index is -0.364. The summed E-state index contributed by atoms with van der Waals surface area (Å²) in [4.78, 5) is 11.6. The molecule has 2 fully saturated rings. The van der Waals surface area contributed by atoms with E-state index in [1.54, 1.807) is 0 Å². The molecule has 0 aromatic carbocycles. The third-order valence-corrected chi connectivity index (χ3v) is 3.92. The molecular formula is C11H19NO3. The van der Waals surface area contributed by atoms with Gasteiger partial charge in [-0.15, -0.1) is 0 Å². The lowest BCUT2D eigenvalue weighted by molar-refractivity contribution is -0.147. The highest BCUT2D eigenvalue weighted by atomic mass is 16.5. The monoisotopic (exact) mass is 213 g/mol. The van der Waals surface area contributed by atoms with Gasteiger partial charge in [-0.05, 0) is 31.1 Å². The van der Waals surface area contributed by atoms with Crippen molar-refractivity contribution in [2.24, 2.45) is 23.0 Å². The molecule has 0 radical (unpaired) electrons. The van der Waals surface area contributed by atoms with E-state index in [9.17, 15) is 4.79 Å². The van der Waals surface area contributed by atoms with Crippen LogP contribution in [0.25, 0.3) is 0 Å². The van der Waals surface area contributed by atoms with Crippen molar-refractivity contribution in [2.45, 2.75) is 19.3 Å². The first-order chi connectivity index (χ1) is 7.24. The standard InChI is InChI=1S/C11H19NO3/c1-14-10(13)11(7-12)6-9(11)8-2-4-15-5-3-8/h8-9H,2-7,12H2,1H3. The van der Waals surface area contributed by atoms with Crippen molar-refractivity contribution < 1.29 is 14.3 Å². The third-order valence-electron chi connectivity index (χ3n) is 3.92. The van der Waals surface area contributed by atoms with Crippen LogP contribution in [0.3, 0.4) is 0 Å². The Balaban J connectivity index is 1.98. The summed E-state index contributed by atoms with van der Waals surface area (Å²) in [7, 11) is 1.44. The smallest absolute Gasteiger partial charge is 0.313 e. The molecule has 1 saturated heterocycles. The van der Waals surface area contributed by atoms with Crippen LogP contribution in [0, 0.1) is 17.3 Å². The Hall–Kier alpha value is -0.610. The fraction of sp³-hybridized carbons (Fsp3) is 0.909. The van der Waals surface area contributed by atoms with Gasteiger partial charge in [0, 0.05) is 19.8 Å². The Morgan fingerprint density at radius 1 is 1.53 bits per heavy atom. The minimum absolute atomic E-state index is 0.124. The van der Waals surface area contributed by atoms with Gasteiger partial charge in [0.05, 0.1) is 12.5 Å². The van der Waals surface area contributed by atoms with Crippen LogP contribution < -0.4 is 5.73 Å². The molecule has 0 bridgehead atoms. The van der Waals surface area contributed by atoms with Gasteiger partial charge in [-0.25, -0.2) is 0 Å². The second kappa shape index (κ2) is 4.10. The summed E-state index contributed by atoms with van der Waals surface area (Å²) in [6, 6.07) is 0. The Morgan fingerprint density at radius 3 is 2.73 bits per heavy atom. The first-order valence-electron chi connectivity index (χ1n) is 5.61. The molecule has 15 heavy (non-hydrogen) atoms. The summed E-state index contributed by atoms with van der Waals surface area (Å²) in [5.41, 5.74) is 5.35. The highest BCUT2D eigenvalue weighted by Gasteiger charge is 2.62. The van der Waals surface area contributed by atoms with Gasteiger partial charge in [0.15, 0.2) is 0 Å². The number of ether oxygens (including phenoxy) is 2. The summed E-state index contributed by atoms with van der Waals surface area (Å²) >= 11 is 0. The van der Waals surface area contributed by atoms with Gasteiger partial charge in [0.25, 0.3) is 0 Å². The number of hydrogen-bond donors (Lipinski definition) is 1. The molecule has 2 N–H and O–H groups in total. The van der Waals surface area contributed by atoms with Crippen LogP contribution in [0.5, 0.6) is 0 Å². The molecule has 2 rings (SSSR count). The molecule has 2 atom stereocenters. The first-order valence-corrected chi connectivity index (χ1v) is 5.61. The minimum Gasteiger partial charge on any atom is -0.469 e. The van der Waals surface area contributed by atoms with Gasteiger partial charge >= 0.3 is 5.97 Å². The van der Waals surface area contributed by atoms with E-state index in [-0.39, 0.29) is 11.4 Å². The van der Waals surface area contributed by atoms with Gasteiger partial charge < -0.3 is 15.2 Å². The van der Waals surface area contributed by atoms with Crippen molar-refractivity contribution in [3.63, 3.8) is 0 Å². The molecule has 0 aromatic rings. The number of hydrogen-bond acceptors (Lipinski definition) is 4. The summed E-state index contributed by atoms with van der Waals surface area (Å²) in [5.74, 6) is 0.904. The molecule has 1 aliphatic heterocycles. The van der Waals surface area contributed by atoms with Crippen molar-refractivity contribution in [2.75, 3.05) is 26.9 Å². The van der Waals surface area contributed by atoms with Crippen LogP contribution in [0.2, 0.25) is 0 Å². The number of rotatable bonds is 3. The van der Waals surface area contributed by atoms with Gasteiger partial charge in [-0.1, -0.05) is 0 Å². The van der Waals surface area contributed by atoms with E-state index in [2.05, 4.69) is 0 Å². The predicted octanol–water partition coefficient (Wildman–Crippen LogP) is 0.551. The first kappa shape index (κ1) is 10.9. The van der Waals surface area contributed by atoms with Crippen molar-refractivity contribution >= 4 is 5.97 Å². The van der Waals surface area contributed by atoms with Crippen LogP contribution in [0.1, 0.15) is 19.3 Å². The molecule has 4 heteroatoms. The molecule has 2 aliphatic rings. The molecule has 0 amide bonds. The molecule has 1 heterocycles. The summed E-state index contributed by atoms with van der Waals surface area (Å²) in [6.45, 7) is 2.06. The normalized spacial score (nSPS) is 36.3. The second-order valence-corrected chi connectivity index (χ2v) is 4.61. The van der Waals surface area contributed by atoms with Crippen molar-refractivity contribution in [1.82, 2.24) is 0 Å². The maximum Gasteiger partial charge on any atom is 0.313 e. The van der Waals surface area contributed by atoms with Crippen LogP contribution in [-0.4, -0.2) is 32.8 Å². The zero-order valence-corrected chi connectivity index (χ0v) is 9.20. The number of esters is 1. The average Bonchev–Trinajstić information content (AvgIpc) is 3.05. The van der Waals surface area contributed by atoms with E-state index >= 15 is 0 Å². The van der Waals surface area contributed by atoms with Crippen LogP contribution in [0.4, 0.5) is 0 Å². The lowest BCUT2D eigenvalue weighted by atomic mass is 9.89. The maximum atomic E-state index is 11.6. The molecular weight excluding hydrogens is 194 g/mol. The van der Waals surface area contributed by atoms with E-state index in [1.165, 1.54) is 7.11 Å². The molecule has 4 nitrogen and oxygen atoms in total. The summed E-state index contributed by atoms with van der Waals surface area (Å²) in [6.07, 6.45) is 3.02. The fourth-order valence-electron chi connectivity index (χ4n) is 2.83. The molecule has 0 spiro atoms. The average molecular weight is 213 g/mol. The zero-order chi connectivity index (χ0) is 10.9. The Labute approximate surface area is 90.1 Å².